The van der Waals surface area contributed by atoms with Crippen LogP contribution in [0.2, 0.25) is 0 Å². The fraction of sp³-hybridized carbons (Fsp3) is 0.659. The van der Waals surface area contributed by atoms with Gasteiger partial charge in [0.15, 0.2) is 0 Å². The Morgan fingerprint density at radius 2 is 1.73 bits per heavy atom. The third-order valence-electron chi connectivity index (χ3n) is 12.9. The van der Waals surface area contributed by atoms with Crippen LogP contribution in [-0.4, -0.2) is 103 Å². The van der Waals surface area contributed by atoms with Gasteiger partial charge in [0, 0.05) is 19.3 Å². The molecule has 6 rings (SSSR count). The van der Waals surface area contributed by atoms with E-state index >= 15 is 13.6 Å². The number of hydrogen-bond acceptors (Lipinski definition) is 9. The maximum absolute atomic E-state index is 15.4. The van der Waals surface area contributed by atoms with E-state index in [9.17, 15) is 32.7 Å². The Kier molecular flexibility index (Phi) is 11.5. The number of nitrogens with one attached hydrogen (secondary N) is 2. The quantitative estimate of drug-likeness (QED) is 0.289. The molecule has 59 heavy (non-hydrogen) atoms. The third kappa shape index (κ3) is 8.17. The lowest BCUT2D eigenvalue weighted by atomic mass is 9.84. The summed E-state index contributed by atoms with van der Waals surface area (Å²) in [6.07, 6.45) is 2.80. The summed E-state index contributed by atoms with van der Waals surface area (Å²) in [6.45, 7) is 11.0. The van der Waals surface area contributed by atoms with Crippen molar-refractivity contribution < 1.29 is 46.2 Å². The number of hydrogen-bond donors (Lipinski definition) is 3. The highest BCUT2D eigenvalue weighted by atomic mass is 32.2. The molecule has 2 aromatic rings. The van der Waals surface area contributed by atoms with Crippen LogP contribution in [0.25, 0.3) is 10.8 Å². The van der Waals surface area contributed by atoms with E-state index in [0.29, 0.717) is 48.3 Å². The molecule has 4 amide bonds. The molecule has 0 unspecified atom stereocenters. The first-order valence-corrected chi connectivity index (χ1v) is 21.8. The second-order valence-corrected chi connectivity index (χ2v) is 20.4. The number of fused-ring (bicyclic) bond motifs is 3. The average Bonchev–Trinajstić information content (AvgIpc) is 4.02. The van der Waals surface area contributed by atoms with E-state index < -0.39 is 85.6 Å². The molecule has 3 heterocycles. The highest BCUT2D eigenvalue weighted by Gasteiger charge is 2.63. The number of carbonyl (C=O) groups is 4. The number of nitrogens with zero attached hydrogens (tertiary/aromatic N) is 4. The SMILES string of the molecule is CC(C)n1nc(O[C@@H]2C[C@H]3C(=O)N[C@]4(C(=O)NS(=O)(=O)C5(C)CC5)C[C@H]4C=CCC[C@H](C)C[C@@H](C)[C@H](N(C(=O)O)C(C)(C)C(C)(F)F)C(=O)N3C2)c2ccccc2c1=O. The van der Waals surface area contributed by atoms with Crippen LogP contribution >= 0.6 is 0 Å². The van der Waals surface area contributed by atoms with Gasteiger partial charge in [0.05, 0.1) is 28.1 Å². The molecule has 3 fully saturated rings. The lowest BCUT2D eigenvalue weighted by Gasteiger charge is -2.47. The van der Waals surface area contributed by atoms with E-state index in [1.165, 1.54) is 11.6 Å². The standard InChI is InChI=1S/C41H56F2N6O9S/c1-23(2)49-34(51)29-16-12-11-15-28(29)33(45-49)58-27-20-30-32(50)44-41(36(53)46-59(56,57)39(7)17-18-39)21-26(41)14-10-9-13-24(3)19-25(4)31(35(52)47(30)22-27)48(37(54)55)38(5,6)40(8,42)43/h10-12,14-16,23-27,30-31H,9,13,17-22H2,1-8H3,(H,44,50)(H,46,53)(H,54,55)/t24-,25+,26+,27+,30-,31-,41+/m0/s1. The summed E-state index contributed by atoms with van der Waals surface area (Å²) in [6, 6.07) is 3.15. The number of carbonyl (C=O) groups excluding carboxylic acids is 3. The summed E-state index contributed by atoms with van der Waals surface area (Å²) in [5.74, 6) is -7.76. The van der Waals surface area contributed by atoms with Gasteiger partial charge in [-0.05, 0) is 97.1 Å². The van der Waals surface area contributed by atoms with Gasteiger partial charge in [-0.1, -0.05) is 38.1 Å². The van der Waals surface area contributed by atoms with Crippen molar-refractivity contribution in [3.05, 3.63) is 46.8 Å². The van der Waals surface area contributed by atoms with Crippen molar-refractivity contribution in [3.63, 3.8) is 0 Å². The van der Waals surface area contributed by atoms with Gasteiger partial charge in [0.25, 0.3) is 17.4 Å². The molecule has 2 aliphatic carbocycles. The number of rotatable bonds is 9. The minimum atomic E-state index is -4.11. The van der Waals surface area contributed by atoms with Crippen LogP contribution in [0.3, 0.4) is 0 Å². The number of aromatic nitrogens is 2. The number of alkyl halides is 2. The van der Waals surface area contributed by atoms with Gasteiger partial charge >= 0.3 is 6.09 Å². The summed E-state index contributed by atoms with van der Waals surface area (Å²) in [7, 11) is -4.11. The van der Waals surface area contributed by atoms with Crippen molar-refractivity contribution in [1.29, 1.82) is 0 Å². The Morgan fingerprint density at radius 3 is 2.32 bits per heavy atom. The van der Waals surface area contributed by atoms with Crippen LogP contribution in [0.4, 0.5) is 13.6 Å². The Hall–Kier alpha value is -4.61. The molecule has 324 valence electrons. The first-order valence-electron chi connectivity index (χ1n) is 20.3. The molecule has 1 saturated heterocycles. The highest BCUT2D eigenvalue weighted by molar-refractivity contribution is 7.91. The average molecular weight is 847 g/mol. The summed E-state index contributed by atoms with van der Waals surface area (Å²) in [5.41, 5.74) is -4.45. The van der Waals surface area contributed by atoms with Crippen molar-refractivity contribution >= 4 is 44.6 Å². The van der Waals surface area contributed by atoms with Gasteiger partial charge in [0.1, 0.15) is 29.3 Å². The van der Waals surface area contributed by atoms with Crippen LogP contribution in [0.5, 0.6) is 5.88 Å². The molecule has 7 atom stereocenters. The molecule has 3 N–H and O–H groups in total. The van der Waals surface area contributed by atoms with E-state index in [-0.39, 0.29) is 49.2 Å². The molecular formula is C41H56F2N6O9S. The van der Waals surface area contributed by atoms with Crippen LogP contribution in [0, 0.1) is 17.8 Å². The number of amides is 4. The number of carboxylic acid groups (broad SMARTS) is 1. The van der Waals surface area contributed by atoms with Gasteiger partial charge in [-0.2, -0.15) is 0 Å². The number of ether oxygens (including phenoxy) is 1. The molecule has 1 aromatic carbocycles. The molecular weight excluding hydrogens is 791 g/mol. The van der Waals surface area contributed by atoms with E-state index in [4.69, 9.17) is 4.74 Å². The Bertz CT molecular complexity index is 2220. The molecule has 15 nitrogen and oxygen atoms in total. The van der Waals surface area contributed by atoms with Gasteiger partial charge < -0.3 is 20.1 Å². The minimum Gasteiger partial charge on any atom is -0.471 e. The predicted octanol–water partition coefficient (Wildman–Crippen LogP) is 4.99. The van der Waals surface area contributed by atoms with Crippen molar-refractivity contribution in [1.82, 2.24) is 29.6 Å². The zero-order valence-corrected chi connectivity index (χ0v) is 35.6. The summed E-state index contributed by atoms with van der Waals surface area (Å²) in [5, 5.41) is 18.6. The first kappa shape index (κ1) is 44.0. The highest BCUT2D eigenvalue weighted by Crippen LogP contribution is 2.48. The fourth-order valence-electron chi connectivity index (χ4n) is 8.43. The van der Waals surface area contributed by atoms with Crippen LogP contribution in [0.1, 0.15) is 106 Å². The number of halogens is 2. The normalized spacial score (nSPS) is 28.8. The van der Waals surface area contributed by atoms with Gasteiger partial charge in [-0.15, -0.1) is 5.10 Å². The second-order valence-electron chi connectivity index (χ2n) is 18.2. The molecule has 18 heteroatoms. The van der Waals surface area contributed by atoms with Crippen LogP contribution < -0.4 is 20.3 Å². The van der Waals surface area contributed by atoms with Gasteiger partial charge in [-0.25, -0.2) is 26.7 Å². The summed E-state index contributed by atoms with van der Waals surface area (Å²) in [4.78, 5) is 71.9. The molecule has 2 aliphatic heterocycles. The molecule has 2 saturated carbocycles. The molecule has 4 aliphatic rings. The fourth-order valence-corrected chi connectivity index (χ4v) is 9.74. The van der Waals surface area contributed by atoms with Gasteiger partial charge in [0.2, 0.25) is 27.7 Å². The maximum atomic E-state index is 15.4. The van der Waals surface area contributed by atoms with Crippen LogP contribution in [0.15, 0.2) is 41.2 Å². The monoisotopic (exact) mass is 846 g/mol. The molecule has 0 bridgehead atoms. The van der Waals surface area contributed by atoms with Gasteiger partial charge in [-0.3, -0.25) is 28.8 Å². The Labute approximate surface area is 342 Å². The number of sulfonamides is 1. The largest absolute Gasteiger partial charge is 0.471 e. The molecule has 1 aromatic heterocycles. The molecule has 0 radical (unpaired) electrons. The Morgan fingerprint density at radius 1 is 1.08 bits per heavy atom. The summed E-state index contributed by atoms with van der Waals surface area (Å²) >= 11 is 0. The summed E-state index contributed by atoms with van der Waals surface area (Å²) < 4.78 is 66.0. The first-order chi connectivity index (χ1) is 27.3. The topological polar surface area (TPSA) is 197 Å². The van der Waals surface area contributed by atoms with Crippen molar-refractivity contribution in [3.8, 4) is 5.88 Å². The van der Waals surface area contributed by atoms with E-state index in [0.717, 1.165) is 18.7 Å². The van der Waals surface area contributed by atoms with E-state index in [1.807, 2.05) is 13.0 Å². The predicted molar refractivity (Wildman–Crippen MR) is 214 cm³/mol. The van der Waals surface area contributed by atoms with E-state index in [2.05, 4.69) is 15.1 Å². The smallest absolute Gasteiger partial charge is 0.408 e. The number of benzene rings is 1. The Balaban J connectivity index is 1.45. The lowest BCUT2D eigenvalue weighted by molar-refractivity contribution is -0.156. The second kappa shape index (κ2) is 15.4. The third-order valence-corrected chi connectivity index (χ3v) is 15.1. The maximum Gasteiger partial charge on any atom is 0.408 e. The lowest BCUT2D eigenvalue weighted by Crippen LogP contribution is -2.66. The minimum absolute atomic E-state index is 0.0363. The van der Waals surface area contributed by atoms with E-state index in [1.54, 1.807) is 51.1 Å². The van der Waals surface area contributed by atoms with Crippen molar-refractivity contribution in [2.24, 2.45) is 17.8 Å². The van der Waals surface area contributed by atoms with Crippen LogP contribution in [-0.2, 0) is 24.4 Å². The number of allylic oxidation sites excluding steroid dienone is 1. The van der Waals surface area contributed by atoms with Crippen molar-refractivity contribution in [2.45, 2.75) is 146 Å². The molecule has 0 spiro atoms. The van der Waals surface area contributed by atoms with Crippen molar-refractivity contribution in [2.75, 3.05) is 6.54 Å². The zero-order valence-electron chi connectivity index (χ0n) is 34.8. The zero-order chi connectivity index (χ0) is 43.6.